The molecule has 2 aromatic rings. The van der Waals surface area contributed by atoms with Crippen LogP contribution in [0.25, 0.3) is 11.0 Å². The number of methoxy groups -OCH3 is 1. The van der Waals surface area contributed by atoms with Gasteiger partial charge in [0.05, 0.1) is 18.6 Å². The van der Waals surface area contributed by atoms with Gasteiger partial charge in [0.15, 0.2) is 0 Å². The summed E-state index contributed by atoms with van der Waals surface area (Å²) in [6.45, 7) is 0. The Morgan fingerprint density at radius 3 is 2.88 bits per heavy atom. The summed E-state index contributed by atoms with van der Waals surface area (Å²) in [5, 5.41) is 11.1. The van der Waals surface area contributed by atoms with Crippen molar-refractivity contribution >= 4 is 23.0 Å². The maximum Gasteiger partial charge on any atom is 0.339 e. The van der Waals surface area contributed by atoms with Gasteiger partial charge in [-0.05, 0) is 6.07 Å². The highest BCUT2D eigenvalue weighted by Gasteiger charge is 2.10. The number of carboxylic acids is 1. The zero-order chi connectivity index (χ0) is 11.7. The van der Waals surface area contributed by atoms with Crippen LogP contribution in [0.2, 0.25) is 0 Å². The van der Waals surface area contributed by atoms with Crippen LogP contribution in [0, 0.1) is 0 Å². The maximum atomic E-state index is 11.2. The predicted octanol–water partition coefficient (Wildman–Crippen LogP) is -0.287. The normalized spacial score (nSPS) is 10.3. The summed E-state index contributed by atoms with van der Waals surface area (Å²) in [4.78, 5) is 28.6. The second-order valence-electron chi connectivity index (χ2n) is 3.10. The summed E-state index contributed by atoms with van der Waals surface area (Å²) in [7, 11) is 1.24. The molecule has 16 heavy (non-hydrogen) atoms. The zero-order valence-electron chi connectivity index (χ0n) is 8.31. The number of pyridine rings is 1. The molecular formula is C10H7N2O4-. The van der Waals surface area contributed by atoms with Crippen molar-refractivity contribution < 1.29 is 19.4 Å². The van der Waals surface area contributed by atoms with E-state index >= 15 is 0 Å². The Labute approximate surface area is 89.9 Å². The number of esters is 1. The molecule has 0 fully saturated rings. The van der Waals surface area contributed by atoms with Crippen LogP contribution in [0.1, 0.15) is 20.7 Å². The number of H-pyrrole nitrogens is 1. The van der Waals surface area contributed by atoms with E-state index in [2.05, 4.69) is 14.7 Å². The molecule has 1 N–H and O–H groups in total. The van der Waals surface area contributed by atoms with E-state index < -0.39 is 11.9 Å². The van der Waals surface area contributed by atoms with Crippen molar-refractivity contribution in [3.63, 3.8) is 0 Å². The average molecular weight is 219 g/mol. The van der Waals surface area contributed by atoms with Gasteiger partial charge in [0.25, 0.3) is 0 Å². The Hall–Kier alpha value is -2.37. The zero-order valence-corrected chi connectivity index (χ0v) is 8.31. The lowest BCUT2D eigenvalue weighted by molar-refractivity contribution is -0.254. The van der Waals surface area contributed by atoms with Gasteiger partial charge < -0.3 is 19.6 Å². The number of carbonyl (C=O) groups excluding carboxylic acids is 2. The first-order valence-corrected chi connectivity index (χ1v) is 4.40. The van der Waals surface area contributed by atoms with Gasteiger partial charge >= 0.3 is 5.97 Å². The van der Waals surface area contributed by atoms with Gasteiger partial charge in [0.1, 0.15) is 5.65 Å². The number of carbonyl (C=O) groups is 2. The lowest BCUT2D eigenvalue weighted by atomic mass is 10.2. The van der Waals surface area contributed by atoms with E-state index in [9.17, 15) is 14.7 Å². The predicted molar refractivity (Wildman–Crippen MR) is 51.8 cm³/mol. The van der Waals surface area contributed by atoms with Gasteiger partial charge in [-0.2, -0.15) is 0 Å². The number of nitrogens with zero attached hydrogens (tertiary/aromatic N) is 1. The quantitative estimate of drug-likeness (QED) is 0.700. The van der Waals surface area contributed by atoms with Crippen molar-refractivity contribution in [3.8, 4) is 0 Å². The molecule has 2 heterocycles. The van der Waals surface area contributed by atoms with Gasteiger partial charge in [0.2, 0.25) is 0 Å². The van der Waals surface area contributed by atoms with Crippen LogP contribution in [-0.4, -0.2) is 29.0 Å². The molecule has 0 saturated heterocycles. The van der Waals surface area contributed by atoms with E-state index in [1.807, 2.05) is 0 Å². The Bertz CT molecular complexity index is 573. The third kappa shape index (κ3) is 1.50. The SMILES string of the molecule is COC(=O)c1cnc2[nH]cc(C(=O)[O-])c2c1. The standard InChI is InChI=1S/C10H8N2O4/c1-16-10(15)5-2-6-7(9(13)14)4-12-8(6)11-3-5/h2-4H,1H3,(H,11,12)(H,13,14)/p-1. The Morgan fingerprint density at radius 1 is 1.50 bits per heavy atom. The maximum absolute atomic E-state index is 11.2. The van der Waals surface area contributed by atoms with Crippen LogP contribution in [-0.2, 0) is 4.74 Å². The number of hydrogen-bond acceptors (Lipinski definition) is 5. The number of aromatic carboxylic acids is 1. The molecule has 0 unspecified atom stereocenters. The molecule has 6 nitrogen and oxygen atoms in total. The Kier molecular flexibility index (Phi) is 2.32. The van der Waals surface area contributed by atoms with Crippen LogP contribution in [0.5, 0.6) is 0 Å². The van der Waals surface area contributed by atoms with Gasteiger partial charge in [-0.1, -0.05) is 0 Å². The molecule has 6 heteroatoms. The lowest BCUT2D eigenvalue weighted by Crippen LogP contribution is -2.21. The minimum atomic E-state index is -1.32. The smallest absolute Gasteiger partial charge is 0.339 e. The van der Waals surface area contributed by atoms with Crippen molar-refractivity contribution in [2.24, 2.45) is 0 Å². The molecule has 0 aromatic carbocycles. The van der Waals surface area contributed by atoms with Crippen LogP contribution >= 0.6 is 0 Å². The van der Waals surface area contributed by atoms with Gasteiger partial charge in [-0.15, -0.1) is 0 Å². The molecule has 0 amide bonds. The highest BCUT2D eigenvalue weighted by atomic mass is 16.5. The number of aromatic nitrogens is 2. The molecule has 0 aliphatic heterocycles. The summed E-state index contributed by atoms with van der Waals surface area (Å²) in [6.07, 6.45) is 2.58. The molecule has 0 aliphatic carbocycles. The fraction of sp³-hybridized carbons (Fsp3) is 0.100. The third-order valence-corrected chi connectivity index (χ3v) is 2.17. The van der Waals surface area contributed by atoms with E-state index in [1.54, 1.807) is 0 Å². The van der Waals surface area contributed by atoms with Crippen LogP contribution < -0.4 is 5.11 Å². The van der Waals surface area contributed by atoms with Crippen LogP contribution in [0.3, 0.4) is 0 Å². The number of hydrogen-bond donors (Lipinski definition) is 1. The minimum Gasteiger partial charge on any atom is -0.545 e. The molecule has 0 spiro atoms. The highest BCUT2D eigenvalue weighted by Crippen LogP contribution is 2.17. The third-order valence-electron chi connectivity index (χ3n) is 2.17. The number of rotatable bonds is 2. The Morgan fingerprint density at radius 2 is 2.25 bits per heavy atom. The molecule has 2 aromatic heterocycles. The summed E-state index contributed by atoms with van der Waals surface area (Å²) in [6, 6.07) is 1.40. The molecular weight excluding hydrogens is 212 g/mol. The number of fused-ring (bicyclic) bond motifs is 1. The topological polar surface area (TPSA) is 95.1 Å². The number of carboxylic acid groups (broad SMARTS) is 1. The van der Waals surface area contributed by atoms with Crippen molar-refractivity contribution in [2.45, 2.75) is 0 Å². The molecule has 0 saturated carbocycles. The molecule has 0 atom stereocenters. The summed E-state index contributed by atoms with van der Waals surface area (Å²) in [5.41, 5.74) is 0.539. The second kappa shape index (κ2) is 3.65. The summed E-state index contributed by atoms with van der Waals surface area (Å²) < 4.78 is 4.51. The lowest BCUT2D eigenvalue weighted by Gasteiger charge is -2.01. The number of aromatic amines is 1. The largest absolute Gasteiger partial charge is 0.545 e. The molecule has 82 valence electrons. The fourth-order valence-electron chi connectivity index (χ4n) is 1.40. The first-order valence-electron chi connectivity index (χ1n) is 4.40. The number of nitrogens with one attached hydrogen (secondary N) is 1. The second-order valence-corrected chi connectivity index (χ2v) is 3.10. The molecule has 0 radical (unpaired) electrons. The Balaban J connectivity index is 2.63. The van der Waals surface area contributed by atoms with Crippen LogP contribution in [0.15, 0.2) is 18.5 Å². The average Bonchev–Trinajstić information content (AvgIpc) is 2.70. The van der Waals surface area contributed by atoms with Gasteiger partial charge in [-0.3, -0.25) is 0 Å². The highest BCUT2D eigenvalue weighted by molar-refractivity contribution is 6.03. The van der Waals surface area contributed by atoms with E-state index in [0.717, 1.165) is 0 Å². The van der Waals surface area contributed by atoms with Crippen molar-refractivity contribution in [1.82, 2.24) is 9.97 Å². The minimum absolute atomic E-state index is 0.0340. The van der Waals surface area contributed by atoms with Crippen molar-refractivity contribution in [1.29, 1.82) is 0 Å². The van der Waals surface area contributed by atoms with E-state index in [1.165, 1.54) is 25.6 Å². The van der Waals surface area contributed by atoms with Crippen molar-refractivity contribution in [2.75, 3.05) is 7.11 Å². The monoisotopic (exact) mass is 219 g/mol. The van der Waals surface area contributed by atoms with E-state index in [-0.39, 0.29) is 11.1 Å². The number of ether oxygens (including phenoxy) is 1. The van der Waals surface area contributed by atoms with Gasteiger partial charge in [-0.25, -0.2) is 9.78 Å². The first kappa shape index (κ1) is 10.2. The summed E-state index contributed by atoms with van der Waals surface area (Å²) >= 11 is 0. The molecule has 0 bridgehead atoms. The van der Waals surface area contributed by atoms with Crippen LogP contribution in [0.4, 0.5) is 0 Å². The molecule has 2 rings (SSSR count). The summed E-state index contributed by atoms with van der Waals surface area (Å²) in [5.74, 6) is -1.89. The van der Waals surface area contributed by atoms with E-state index in [0.29, 0.717) is 11.0 Å². The van der Waals surface area contributed by atoms with Gasteiger partial charge in [0, 0.05) is 23.3 Å². The fourth-order valence-corrected chi connectivity index (χ4v) is 1.40. The first-order chi connectivity index (χ1) is 7.63. The van der Waals surface area contributed by atoms with Crippen molar-refractivity contribution in [3.05, 3.63) is 29.6 Å². The van der Waals surface area contributed by atoms with E-state index in [4.69, 9.17) is 0 Å². The molecule has 0 aliphatic rings.